The minimum atomic E-state index is -0.737. The van der Waals surface area contributed by atoms with E-state index in [9.17, 15) is 4.79 Å². The molecule has 17 heavy (non-hydrogen) atoms. The second-order valence-electron chi connectivity index (χ2n) is 4.39. The average molecular weight is 252 g/mol. The van der Waals surface area contributed by atoms with E-state index in [1.165, 1.54) is 0 Å². The van der Waals surface area contributed by atoms with Gasteiger partial charge in [0.2, 0.25) is 0 Å². The van der Waals surface area contributed by atoms with Crippen molar-refractivity contribution in [2.75, 3.05) is 13.4 Å². The van der Waals surface area contributed by atoms with Crippen LogP contribution in [0.3, 0.4) is 0 Å². The van der Waals surface area contributed by atoms with Crippen LogP contribution >= 0.6 is 11.8 Å². The van der Waals surface area contributed by atoms with E-state index in [1.807, 2.05) is 24.5 Å². The van der Waals surface area contributed by atoms with Crippen molar-refractivity contribution in [3.8, 4) is 5.75 Å². The van der Waals surface area contributed by atoms with Gasteiger partial charge in [0.15, 0.2) is 0 Å². The quantitative estimate of drug-likeness (QED) is 0.818. The van der Waals surface area contributed by atoms with Crippen LogP contribution in [0.1, 0.15) is 24.8 Å². The van der Waals surface area contributed by atoms with Crippen LogP contribution < -0.4 is 4.74 Å². The molecule has 1 aliphatic carbocycles. The van der Waals surface area contributed by atoms with Crippen molar-refractivity contribution in [2.45, 2.75) is 29.6 Å². The summed E-state index contributed by atoms with van der Waals surface area (Å²) < 4.78 is 5.46. The molecule has 1 aromatic rings. The number of methoxy groups -OCH3 is 1. The molecule has 0 atom stereocenters. The summed E-state index contributed by atoms with van der Waals surface area (Å²) in [5.74, 6) is 0.109. The second-order valence-corrected chi connectivity index (χ2v) is 5.24. The summed E-state index contributed by atoms with van der Waals surface area (Å²) in [6.07, 6.45) is 4.07. The van der Waals surface area contributed by atoms with Crippen molar-refractivity contribution in [3.05, 3.63) is 23.8 Å². The maximum absolute atomic E-state index is 10.9. The number of rotatable bonds is 5. The summed E-state index contributed by atoms with van der Waals surface area (Å²) in [4.78, 5) is 12.0. The number of carboxylic acid groups (broad SMARTS) is 1. The van der Waals surface area contributed by atoms with Crippen LogP contribution in [0.4, 0.5) is 0 Å². The predicted octanol–water partition coefficient (Wildman–Crippen LogP) is 2.92. The Morgan fingerprint density at radius 2 is 2.24 bits per heavy atom. The molecule has 1 aromatic carbocycles. The Kier molecular flexibility index (Phi) is 3.33. The van der Waals surface area contributed by atoms with Gasteiger partial charge in [-0.1, -0.05) is 12.1 Å². The van der Waals surface area contributed by atoms with E-state index in [2.05, 4.69) is 0 Å². The number of hydrogen-bond acceptors (Lipinski definition) is 3. The number of carbonyl (C=O) groups is 1. The molecule has 0 spiro atoms. The SMILES string of the molecule is COc1c(SC)cccc1C1(CC(=O)O)CC1. The van der Waals surface area contributed by atoms with Crippen LogP contribution in [0.15, 0.2) is 23.1 Å². The second kappa shape index (κ2) is 4.61. The van der Waals surface area contributed by atoms with E-state index in [-0.39, 0.29) is 11.8 Å². The van der Waals surface area contributed by atoms with Gasteiger partial charge in [-0.15, -0.1) is 11.8 Å². The van der Waals surface area contributed by atoms with Gasteiger partial charge < -0.3 is 9.84 Å². The number of aliphatic carboxylic acids is 1. The Morgan fingerprint density at radius 3 is 2.71 bits per heavy atom. The van der Waals surface area contributed by atoms with Gasteiger partial charge in [-0.05, 0) is 25.2 Å². The summed E-state index contributed by atoms with van der Waals surface area (Å²) in [7, 11) is 1.65. The Labute approximate surface area is 105 Å². The average Bonchev–Trinajstić information content (AvgIpc) is 3.07. The van der Waals surface area contributed by atoms with Gasteiger partial charge >= 0.3 is 5.97 Å². The molecule has 92 valence electrons. The largest absolute Gasteiger partial charge is 0.495 e. The molecular weight excluding hydrogens is 236 g/mol. The van der Waals surface area contributed by atoms with Gasteiger partial charge in [0.1, 0.15) is 5.75 Å². The molecule has 0 aliphatic heterocycles. The van der Waals surface area contributed by atoms with E-state index >= 15 is 0 Å². The molecule has 3 nitrogen and oxygen atoms in total. The van der Waals surface area contributed by atoms with Crippen LogP contribution in [0.5, 0.6) is 5.75 Å². The number of ether oxygens (including phenoxy) is 1. The zero-order chi connectivity index (χ0) is 12.5. The zero-order valence-corrected chi connectivity index (χ0v) is 10.8. The van der Waals surface area contributed by atoms with E-state index in [0.717, 1.165) is 29.1 Å². The molecule has 0 saturated heterocycles. The van der Waals surface area contributed by atoms with E-state index in [0.29, 0.717) is 0 Å². The molecule has 1 fully saturated rings. The number of hydrogen-bond donors (Lipinski definition) is 1. The third kappa shape index (κ3) is 2.27. The Balaban J connectivity index is 2.41. The van der Waals surface area contributed by atoms with Crippen molar-refractivity contribution < 1.29 is 14.6 Å². The highest BCUT2D eigenvalue weighted by Gasteiger charge is 2.48. The molecule has 0 unspecified atom stereocenters. The van der Waals surface area contributed by atoms with E-state index < -0.39 is 5.97 Å². The highest BCUT2D eigenvalue weighted by molar-refractivity contribution is 7.98. The molecule has 0 heterocycles. The summed E-state index contributed by atoms with van der Waals surface area (Å²) >= 11 is 1.62. The lowest BCUT2D eigenvalue weighted by atomic mass is 9.91. The lowest BCUT2D eigenvalue weighted by molar-refractivity contribution is -0.137. The lowest BCUT2D eigenvalue weighted by Gasteiger charge is -2.18. The number of para-hydroxylation sites is 1. The van der Waals surface area contributed by atoms with Gasteiger partial charge in [0.25, 0.3) is 0 Å². The molecule has 0 radical (unpaired) electrons. The lowest BCUT2D eigenvalue weighted by Crippen LogP contribution is -2.14. The first-order chi connectivity index (χ1) is 8.13. The molecule has 0 aromatic heterocycles. The Hall–Kier alpha value is -1.16. The molecule has 0 bridgehead atoms. The van der Waals surface area contributed by atoms with Gasteiger partial charge in [-0.3, -0.25) is 4.79 Å². The van der Waals surface area contributed by atoms with E-state index in [1.54, 1.807) is 18.9 Å². The highest BCUT2D eigenvalue weighted by atomic mass is 32.2. The van der Waals surface area contributed by atoms with Gasteiger partial charge in [0, 0.05) is 15.9 Å². The predicted molar refractivity (Wildman–Crippen MR) is 67.9 cm³/mol. The third-order valence-corrected chi connectivity index (χ3v) is 4.08. The van der Waals surface area contributed by atoms with Gasteiger partial charge in [0.05, 0.1) is 13.5 Å². The van der Waals surface area contributed by atoms with Crippen molar-refractivity contribution in [1.29, 1.82) is 0 Å². The van der Waals surface area contributed by atoms with Crippen molar-refractivity contribution in [1.82, 2.24) is 0 Å². The summed E-state index contributed by atoms with van der Waals surface area (Å²) in [5, 5.41) is 8.99. The topological polar surface area (TPSA) is 46.5 Å². The molecule has 0 amide bonds. The minimum absolute atomic E-state index is 0.192. The normalized spacial score (nSPS) is 16.6. The Morgan fingerprint density at radius 1 is 1.53 bits per heavy atom. The standard InChI is InChI=1S/C13H16O3S/c1-16-12-9(4-3-5-10(12)17-2)13(6-7-13)8-11(14)15/h3-5H,6-8H2,1-2H3,(H,14,15). The summed E-state index contributed by atoms with van der Waals surface area (Å²) in [6.45, 7) is 0. The summed E-state index contributed by atoms with van der Waals surface area (Å²) in [5.41, 5.74) is 0.859. The molecule has 2 rings (SSSR count). The highest BCUT2D eigenvalue weighted by Crippen LogP contribution is 2.55. The van der Waals surface area contributed by atoms with Crippen molar-refractivity contribution in [3.63, 3.8) is 0 Å². The van der Waals surface area contributed by atoms with Crippen molar-refractivity contribution in [2.24, 2.45) is 0 Å². The summed E-state index contributed by atoms with van der Waals surface area (Å²) in [6, 6.07) is 5.98. The first-order valence-corrected chi connectivity index (χ1v) is 6.79. The molecule has 1 N–H and O–H groups in total. The molecule has 1 saturated carbocycles. The van der Waals surface area contributed by atoms with Crippen LogP contribution in [-0.4, -0.2) is 24.4 Å². The Bertz CT molecular complexity index is 438. The fourth-order valence-electron chi connectivity index (χ4n) is 2.29. The first-order valence-electron chi connectivity index (χ1n) is 5.56. The molecule has 4 heteroatoms. The monoisotopic (exact) mass is 252 g/mol. The minimum Gasteiger partial charge on any atom is -0.495 e. The molecule has 1 aliphatic rings. The van der Waals surface area contributed by atoms with Crippen LogP contribution in [-0.2, 0) is 10.2 Å². The van der Waals surface area contributed by atoms with Crippen LogP contribution in [0.25, 0.3) is 0 Å². The first kappa shape index (κ1) is 12.3. The smallest absolute Gasteiger partial charge is 0.304 e. The maximum Gasteiger partial charge on any atom is 0.304 e. The number of thioether (sulfide) groups is 1. The third-order valence-electron chi connectivity index (χ3n) is 3.32. The number of carboxylic acids is 1. The number of benzene rings is 1. The maximum atomic E-state index is 10.9. The van der Waals surface area contributed by atoms with E-state index in [4.69, 9.17) is 9.84 Å². The fourth-order valence-corrected chi connectivity index (χ4v) is 2.88. The van der Waals surface area contributed by atoms with Gasteiger partial charge in [-0.25, -0.2) is 0 Å². The molecular formula is C13H16O3S. The fraction of sp³-hybridized carbons (Fsp3) is 0.462. The van der Waals surface area contributed by atoms with Gasteiger partial charge in [-0.2, -0.15) is 0 Å². The zero-order valence-electron chi connectivity index (χ0n) is 10.0. The van der Waals surface area contributed by atoms with Crippen molar-refractivity contribution >= 4 is 17.7 Å². The van der Waals surface area contributed by atoms with Crippen LogP contribution in [0.2, 0.25) is 0 Å². The van der Waals surface area contributed by atoms with Crippen LogP contribution in [0, 0.1) is 0 Å².